The maximum absolute atomic E-state index is 4.58. The molecule has 0 amide bonds. The molecule has 0 aliphatic rings. The lowest BCUT2D eigenvalue weighted by Crippen LogP contribution is -1.85. The minimum absolute atomic E-state index is 1.02. The number of nitrogens with zero attached hydrogens (tertiary/aromatic N) is 2. The third-order valence-electron chi connectivity index (χ3n) is 2.91. The SMILES string of the molecule is CCCc1ccc2nc3ccccn3c2c1. The number of benzene rings is 1. The largest absolute Gasteiger partial charge is 0.300 e. The summed E-state index contributed by atoms with van der Waals surface area (Å²) >= 11 is 0. The molecule has 2 heteroatoms. The number of hydrogen-bond acceptors (Lipinski definition) is 1. The zero-order valence-electron chi connectivity index (χ0n) is 9.35. The van der Waals surface area contributed by atoms with Crippen LogP contribution in [-0.2, 0) is 6.42 Å². The molecule has 0 aliphatic carbocycles. The molecule has 0 saturated heterocycles. The minimum Gasteiger partial charge on any atom is -0.300 e. The van der Waals surface area contributed by atoms with Crippen molar-refractivity contribution in [2.24, 2.45) is 0 Å². The molecule has 2 nitrogen and oxygen atoms in total. The topological polar surface area (TPSA) is 17.3 Å². The summed E-state index contributed by atoms with van der Waals surface area (Å²) in [6.45, 7) is 2.21. The first-order chi connectivity index (χ1) is 7.88. The number of rotatable bonds is 2. The molecule has 3 aromatic rings. The fourth-order valence-corrected chi connectivity index (χ4v) is 2.15. The number of hydrogen-bond donors (Lipinski definition) is 0. The highest BCUT2D eigenvalue weighted by atomic mass is 15.0. The van der Waals surface area contributed by atoms with Crippen molar-refractivity contribution in [2.75, 3.05) is 0 Å². The molecule has 0 unspecified atom stereocenters. The second-order valence-electron chi connectivity index (χ2n) is 4.11. The highest BCUT2D eigenvalue weighted by Crippen LogP contribution is 2.18. The summed E-state index contributed by atoms with van der Waals surface area (Å²) in [6.07, 6.45) is 4.39. The molecule has 0 radical (unpaired) electrons. The Hall–Kier alpha value is -1.83. The monoisotopic (exact) mass is 210 g/mol. The van der Waals surface area contributed by atoms with Gasteiger partial charge in [-0.05, 0) is 36.2 Å². The smallest absolute Gasteiger partial charge is 0.137 e. The molecule has 0 spiro atoms. The first-order valence-corrected chi connectivity index (χ1v) is 5.74. The Kier molecular flexibility index (Phi) is 2.13. The molecule has 2 heterocycles. The van der Waals surface area contributed by atoms with Crippen molar-refractivity contribution in [3.8, 4) is 0 Å². The van der Waals surface area contributed by atoms with Crippen LogP contribution >= 0.6 is 0 Å². The van der Waals surface area contributed by atoms with Crippen LogP contribution in [0, 0.1) is 0 Å². The lowest BCUT2D eigenvalue weighted by molar-refractivity contribution is 0.923. The Morgan fingerprint density at radius 1 is 1.19 bits per heavy atom. The van der Waals surface area contributed by atoms with Gasteiger partial charge in [-0.3, -0.25) is 4.40 Å². The lowest BCUT2D eigenvalue weighted by atomic mass is 10.1. The van der Waals surface area contributed by atoms with E-state index in [0.29, 0.717) is 0 Å². The van der Waals surface area contributed by atoms with Gasteiger partial charge in [-0.2, -0.15) is 0 Å². The van der Waals surface area contributed by atoms with Crippen LogP contribution < -0.4 is 0 Å². The molecule has 0 atom stereocenters. The number of aryl methyl sites for hydroxylation is 1. The Bertz CT molecular complexity index is 637. The van der Waals surface area contributed by atoms with E-state index in [1.54, 1.807) is 0 Å². The van der Waals surface area contributed by atoms with Gasteiger partial charge in [0, 0.05) is 6.20 Å². The zero-order chi connectivity index (χ0) is 11.0. The number of fused-ring (bicyclic) bond motifs is 3. The van der Waals surface area contributed by atoms with Crippen LogP contribution in [0.2, 0.25) is 0 Å². The Morgan fingerprint density at radius 2 is 2.12 bits per heavy atom. The van der Waals surface area contributed by atoms with Gasteiger partial charge < -0.3 is 0 Å². The average Bonchev–Trinajstić information content (AvgIpc) is 2.68. The molecule has 16 heavy (non-hydrogen) atoms. The molecular weight excluding hydrogens is 196 g/mol. The average molecular weight is 210 g/mol. The molecular formula is C14H14N2. The van der Waals surface area contributed by atoms with Gasteiger partial charge in [0.05, 0.1) is 11.0 Å². The van der Waals surface area contributed by atoms with Gasteiger partial charge in [-0.15, -0.1) is 0 Å². The predicted octanol–water partition coefficient (Wildman–Crippen LogP) is 3.44. The highest BCUT2D eigenvalue weighted by Gasteiger charge is 2.03. The quantitative estimate of drug-likeness (QED) is 0.633. The Balaban J connectivity index is 2.31. The van der Waals surface area contributed by atoms with Crippen LogP contribution in [0.15, 0.2) is 42.6 Å². The number of aromatic nitrogens is 2. The lowest BCUT2D eigenvalue weighted by Gasteiger charge is -1.99. The zero-order valence-corrected chi connectivity index (χ0v) is 9.35. The fourth-order valence-electron chi connectivity index (χ4n) is 2.15. The van der Waals surface area contributed by atoms with Crippen LogP contribution in [0.5, 0.6) is 0 Å². The standard InChI is InChI=1S/C14H14N2/c1-2-5-11-7-8-12-13(10-11)16-9-4-3-6-14(16)15-12/h3-4,6-10H,2,5H2,1H3. The summed E-state index contributed by atoms with van der Waals surface area (Å²) in [4.78, 5) is 4.58. The van der Waals surface area contributed by atoms with Crippen LogP contribution in [0.4, 0.5) is 0 Å². The second kappa shape index (κ2) is 3.63. The van der Waals surface area contributed by atoms with Gasteiger partial charge in [-0.1, -0.05) is 25.5 Å². The third kappa shape index (κ3) is 1.38. The van der Waals surface area contributed by atoms with Gasteiger partial charge in [0.1, 0.15) is 5.65 Å². The van der Waals surface area contributed by atoms with E-state index in [1.807, 2.05) is 18.2 Å². The van der Waals surface area contributed by atoms with Crippen molar-refractivity contribution in [3.63, 3.8) is 0 Å². The highest BCUT2D eigenvalue weighted by molar-refractivity contribution is 5.81. The van der Waals surface area contributed by atoms with E-state index in [9.17, 15) is 0 Å². The summed E-state index contributed by atoms with van der Waals surface area (Å²) in [5, 5.41) is 0. The van der Waals surface area contributed by atoms with Gasteiger partial charge in [0.2, 0.25) is 0 Å². The van der Waals surface area contributed by atoms with Crippen LogP contribution in [0.3, 0.4) is 0 Å². The van der Waals surface area contributed by atoms with Crippen molar-refractivity contribution >= 4 is 16.7 Å². The molecule has 3 rings (SSSR count). The van der Waals surface area contributed by atoms with E-state index in [4.69, 9.17) is 0 Å². The van der Waals surface area contributed by atoms with E-state index < -0.39 is 0 Å². The van der Waals surface area contributed by atoms with E-state index in [2.05, 4.69) is 40.7 Å². The molecule has 80 valence electrons. The third-order valence-corrected chi connectivity index (χ3v) is 2.91. The van der Waals surface area contributed by atoms with Crippen molar-refractivity contribution in [1.29, 1.82) is 0 Å². The number of pyridine rings is 1. The molecule has 0 fully saturated rings. The first kappa shape index (κ1) is 9.40. The van der Waals surface area contributed by atoms with E-state index >= 15 is 0 Å². The predicted molar refractivity (Wildman–Crippen MR) is 66.7 cm³/mol. The minimum atomic E-state index is 1.02. The van der Waals surface area contributed by atoms with Gasteiger partial charge in [0.15, 0.2) is 0 Å². The summed E-state index contributed by atoms with van der Waals surface area (Å²) in [5.41, 5.74) is 4.69. The Morgan fingerprint density at radius 3 is 3.00 bits per heavy atom. The molecule has 0 bridgehead atoms. The maximum atomic E-state index is 4.58. The maximum Gasteiger partial charge on any atom is 0.137 e. The summed E-state index contributed by atoms with van der Waals surface area (Å²) in [5.74, 6) is 0. The van der Waals surface area contributed by atoms with Crippen LogP contribution in [0.25, 0.3) is 16.7 Å². The van der Waals surface area contributed by atoms with Gasteiger partial charge >= 0.3 is 0 Å². The van der Waals surface area contributed by atoms with Crippen molar-refractivity contribution in [1.82, 2.24) is 9.38 Å². The van der Waals surface area contributed by atoms with Crippen molar-refractivity contribution < 1.29 is 0 Å². The van der Waals surface area contributed by atoms with Crippen molar-refractivity contribution in [2.45, 2.75) is 19.8 Å². The molecule has 1 aromatic carbocycles. The van der Waals surface area contributed by atoms with E-state index in [-0.39, 0.29) is 0 Å². The van der Waals surface area contributed by atoms with E-state index in [0.717, 1.165) is 17.6 Å². The van der Waals surface area contributed by atoms with Gasteiger partial charge in [-0.25, -0.2) is 4.98 Å². The first-order valence-electron chi connectivity index (χ1n) is 5.74. The Labute approximate surface area is 94.5 Å². The van der Waals surface area contributed by atoms with Gasteiger partial charge in [0.25, 0.3) is 0 Å². The van der Waals surface area contributed by atoms with E-state index in [1.165, 1.54) is 17.5 Å². The summed E-state index contributed by atoms with van der Waals surface area (Å²) < 4.78 is 2.15. The molecule has 0 N–H and O–H groups in total. The number of imidazole rings is 1. The van der Waals surface area contributed by atoms with Crippen LogP contribution in [0.1, 0.15) is 18.9 Å². The fraction of sp³-hybridized carbons (Fsp3) is 0.214. The molecule has 0 aliphatic heterocycles. The normalized spacial score (nSPS) is 11.3. The summed E-state index contributed by atoms with van der Waals surface area (Å²) in [6, 6.07) is 12.7. The molecule has 0 saturated carbocycles. The summed E-state index contributed by atoms with van der Waals surface area (Å²) in [7, 11) is 0. The molecule has 2 aromatic heterocycles. The second-order valence-corrected chi connectivity index (χ2v) is 4.11. The van der Waals surface area contributed by atoms with Crippen LogP contribution in [-0.4, -0.2) is 9.38 Å². The van der Waals surface area contributed by atoms with Crippen molar-refractivity contribution in [3.05, 3.63) is 48.2 Å².